The van der Waals surface area contributed by atoms with Crippen LogP contribution in [0.4, 0.5) is 0 Å². The Hall–Kier alpha value is -2.29. The van der Waals surface area contributed by atoms with E-state index in [4.69, 9.17) is 9.26 Å². The number of hydrogen-bond acceptors (Lipinski definition) is 6. The van der Waals surface area contributed by atoms with Crippen LogP contribution < -0.4 is 0 Å². The molecule has 1 saturated heterocycles. The summed E-state index contributed by atoms with van der Waals surface area (Å²) in [4.78, 5) is 41.0. The molecule has 2 aliphatic heterocycles. The van der Waals surface area contributed by atoms with Gasteiger partial charge in [-0.25, -0.2) is 4.79 Å². The Balaban J connectivity index is 1.98. The SMILES string of the molecule is C=C(CN1C(=O)c2ccccc2C1=O)C1(C(=O)OCCCC)CC(C(C)(C)C)CN1O[Si](C)C. The van der Waals surface area contributed by atoms with E-state index in [1.54, 1.807) is 29.3 Å². The van der Waals surface area contributed by atoms with Crippen LogP contribution in [0.3, 0.4) is 0 Å². The largest absolute Gasteiger partial charge is 0.464 e. The fourth-order valence-corrected chi connectivity index (χ4v) is 5.25. The van der Waals surface area contributed by atoms with E-state index in [2.05, 4.69) is 27.4 Å². The molecule has 2 unspecified atom stereocenters. The number of carbonyl (C=O) groups excluding carboxylic acids is 3. The molecular weight excluding hydrogens is 448 g/mol. The van der Waals surface area contributed by atoms with Crippen molar-refractivity contribution < 1.29 is 23.6 Å². The van der Waals surface area contributed by atoms with Gasteiger partial charge >= 0.3 is 5.97 Å². The molecule has 34 heavy (non-hydrogen) atoms. The summed E-state index contributed by atoms with van der Waals surface area (Å²) in [5.74, 6) is -1.03. The van der Waals surface area contributed by atoms with E-state index in [0.717, 1.165) is 12.8 Å². The van der Waals surface area contributed by atoms with Crippen molar-refractivity contribution in [3.05, 3.63) is 47.5 Å². The standard InChI is InChI=1S/C26H37N2O5Si/c1-8-9-14-32-24(31)26(15-19(25(3,4)5)17-28(26)33-34(6)7)18(2)16-27-22(29)20-12-10-11-13-21(20)23(27)30/h10-13,19H,2,8-9,14-17H2,1,3-7H3. The third-order valence-corrected chi connectivity index (χ3v) is 7.34. The predicted octanol–water partition coefficient (Wildman–Crippen LogP) is 4.47. The molecule has 0 saturated carbocycles. The van der Waals surface area contributed by atoms with Crippen molar-refractivity contribution in [1.82, 2.24) is 9.96 Å². The summed E-state index contributed by atoms with van der Waals surface area (Å²) < 4.78 is 12.0. The molecule has 0 spiro atoms. The predicted molar refractivity (Wildman–Crippen MR) is 132 cm³/mol. The number of hydrogen-bond donors (Lipinski definition) is 0. The van der Waals surface area contributed by atoms with Gasteiger partial charge in [0.1, 0.15) is 0 Å². The number of fused-ring (bicyclic) bond motifs is 1. The van der Waals surface area contributed by atoms with Gasteiger partial charge in [-0.1, -0.05) is 52.8 Å². The number of ether oxygens (including phenoxy) is 1. The summed E-state index contributed by atoms with van der Waals surface area (Å²) in [6.07, 6.45) is 2.11. The normalized spacial score (nSPS) is 23.0. The van der Waals surface area contributed by atoms with Gasteiger partial charge < -0.3 is 9.26 Å². The fraction of sp³-hybridized carbons (Fsp3) is 0.577. The highest BCUT2D eigenvalue weighted by Crippen LogP contribution is 2.47. The minimum Gasteiger partial charge on any atom is -0.464 e. The van der Waals surface area contributed by atoms with Gasteiger partial charge in [0.05, 0.1) is 24.3 Å². The molecule has 1 aromatic rings. The van der Waals surface area contributed by atoms with E-state index >= 15 is 0 Å². The Kier molecular flexibility index (Phi) is 7.84. The van der Waals surface area contributed by atoms with E-state index in [1.165, 1.54) is 4.90 Å². The van der Waals surface area contributed by atoms with Crippen molar-refractivity contribution in [3.8, 4) is 0 Å². The van der Waals surface area contributed by atoms with Crippen LogP contribution in [-0.2, 0) is 14.1 Å². The second-order valence-electron chi connectivity index (χ2n) is 10.5. The molecule has 0 N–H and O–H groups in total. The highest BCUT2D eigenvalue weighted by atomic mass is 28.3. The van der Waals surface area contributed by atoms with Crippen LogP contribution in [-0.4, -0.2) is 62.0 Å². The molecule has 1 radical (unpaired) electrons. The first-order valence-electron chi connectivity index (χ1n) is 12.0. The smallest absolute Gasteiger partial charge is 0.333 e. The number of unbranched alkanes of at least 4 members (excludes halogenated alkanes) is 1. The molecule has 2 heterocycles. The molecule has 8 heteroatoms. The van der Waals surface area contributed by atoms with Crippen LogP contribution in [0, 0.1) is 11.3 Å². The lowest BCUT2D eigenvalue weighted by molar-refractivity contribution is -0.175. The number of hydroxylamine groups is 2. The second-order valence-corrected chi connectivity index (χ2v) is 12.5. The van der Waals surface area contributed by atoms with Gasteiger partial charge in [0.25, 0.3) is 11.8 Å². The van der Waals surface area contributed by atoms with Crippen molar-refractivity contribution in [2.75, 3.05) is 19.7 Å². The Morgan fingerprint density at radius 2 is 1.76 bits per heavy atom. The number of rotatable bonds is 9. The van der Waals surface area contributed by atoms with E-state index in [1.807, 2.05) is 20.0 Å². The lowest BCUT2D eigenvalue weighted by atomic mass is 9.75. The number of amides is 2. The van der Waals surface area contributed by atoms with Crippen molar-refractivity contribution >= 4 is 26.8 Å². The van der Waals surface area contributed by atoms with Crippen LogP contribution in [0.15, 0.2) is 36.4 Å². The molecular formula is C26H37N2O5Si. The topological polar surface area (TPSA) is 76.2 Å². The number of esters is 1. The molecule has 0 bridgehead atoms. The molecule has 0 aromatic heterocycles. The number of nitrogens with zero attached hydrogens (tertiary/aromatic N) is 2. The molecule has 2 amide bonds. The lowest BCUT2D eigenvalue weighted by Crippen LogP contribution is -2.55. The van der Waals surface area contributed by atoms with E-state index in [9.17, 15) is 14.4 Å². The maximum atomic E-state index is 13.7. The number of carbonyl (C=O) groups is 3. The van der Waals surface area contributed by atoms with Gasteiger partial charge in [-0.2, -0.15) is 5.06 Å². The number of imide groups is 1. The Morgan fingerprint density at radius 3 is 2.26 bits per heavy atom. The van der Waals surface area contributed by atoms with Gasteiger partial charge in [0.2, 0.25) is 9.04 Å². The van der Waals surface area contributed by atoms with E-state index in [-0.39, 0.29) is 29.7 Å². The van der Waals surface area contributed by atoms with Crippen LogP contribution in [0.5, 0.6) is 0 Å². The third-order valence-electron chi connectivity index (χ3n) is 6.75. The maximum Gasteiger partial charge on any atom is 0.333 e. The zero-order valence-electron chi connectivity index (χ0n) is 21.3. The van der Waals surface area contributed by atoms with E-state index in [0.29, 0.717) is 36.3 Å². The van der Waals surface area contributed by atoms with Gasteiger partial charge in [-0.3, -0.25) is 14.5 Å². The first-order valence-corrected chi connectivity index (χ1v) is 14.4. The summed E-state index contributed by atoms with van der Waals surface area (Å²) in [7, 11) is -1.21. The van der Waals surface area contributed by atoms with Gasteiger partial charge in [0.15, 0.2) is 5.54 Å². The fourth-order valence-electron chi connectivity index (χ4n) is 4.58. The van der Waals surface area contributed by atoms with Crippen molar-refractivity contribution in [2.45, 2.75) is 65.6 Å². The van der Waals surface area contributed by atoms with E-state index < -0.39 is 20.5 Å². The molecule has 2 aliphatic rings. The summed E-state index contributed by atoms with van der Waals surface area (Å²) in [6, 6.07) is 6.77. The zero-order valence-corrected chi connectivity index (χ0v) is 22.3. The summed E-state index contributed by atoms with van der Waals surface area (Å²) in [5.41, 5.74) is -0.155. The first kappa shape index (κ1) is 26.3. The van der Waals surface area contributed by atoms with Crippen molar-refractivity contribution in [3.63, 3.8) is 0 Å². The monoisotopic (exact) mass is 485 g/mol. The highest BCUT2D eigenvalue weighted by molar-refractivity contribution is 6.48. The Morgan fingerprint density at radius 1 is 1.18 bits per heavy atom. The van der Waals surface area contributed by atoms with Crippen LogP contribution in [0.2, 0.25) is 13.1 Å². The molecule has 1 fully saturated rings. The Labute approximate surface area is 204 Å². The van der Waals surface area contributed by atoms with Gasteiger partial charge in [-0.05, 0) is 55.0 Å². The van der Waals surface area contributed by atoms with Crippen molar-refractivity contribution in [2.24, 2.45) is 11.3 Å². The van der Waals surface area contributed by atoms with Crippen molar-refractivity contribution in [1.29, 1.82) is 0 Å². The molecule has 185 valence electrons. The summed E-state index contributed by atoms with van der Waals surface area (Å²) in [6.45, 7) is 17.5. The summed E-state index contributed by atoms with van der Waals surface area (Å²) >= 11 is 0. The highest BCUT2D eigenvalue weighted by Gasteiger charge is 2.58. The number of benzene rings is 1. The second kappa shape index (κ2) is 10.1. The molecule has 0 aliphatic carbocycles. The molecule has 3 rings (SSSR count). The first-order chi connectivity index (χ1) is 15.9. The maximum absolute atomic E-state index is 13.7. The van der Waals surface area contributed by atoms with Crippen LogP contribution in [0.25, 0.3) is 0 Å². The van der Waals surface area contributed by atoms with Gasteiger partial charge in [-0.15, -0.1) is 0 Å². The average Bonchev–Trinajstić information content (AvgIpc) is 3.26. The van der Waals surface area contributed by atoms with Crippen LogP contribution in [0.1, 0.15) is 67.7 Å². The Bertz CT molecular complexity index is 935. The summed E-state index contributed by atoms with van der Waals surface area (Å²) in [5, 5.41) is 1.74. The minimum atomic E-state index is -1.26. The minimum absolute atomic E-state index is 0.0680. The lowest BCUT2D eigenvalue weighted by Gasteiger charge is -2.38. The molecule has 7 nitrogen and oxygen atoms in total. The quantitative estimate of drug-likeness (QED) is 0.169. The molecule has 1 aromatic carbocycles. The third kappa shape index (κ3) is 4.90. The van der Waals surface area contributed by atoms with Crippen LogP contribution >= 0.6 is 0 Å². The zero-order chi connectivity index (χ0) is 25.3. The van der Waals surface area contributed by atoms with Gasteiger partial charge in [0, 0.05) is 6.54 Å². The molecule has 2 atom stereocenters. The average molecular weight is 486 g/mol.